The molecule has 2 aromatic carbocycles. The van der Waals surface area contributed by atoms with E-state index in [0.717, 1.165) is 24.1 Å². The SMILES string of the molecule is Oc1ccc(CNCCc2ccc(F)cc2)cc1O. The topological polar surface area (TPSA) is 52.5 Å². The molecule has 0 aliphatic heterocycles. The number of benzene rings is 2. The van der Waals surface area contributed by atoms with Gasteiger partial charge in [0, 0.05) is 6.54 Å². The van der Waals surface area contributed by atoms with E-state index in [1.54, 1.807) is 18.2 Å². The maximum atomic E-state index is 12.7. The maximum Gasteiger partial charge on any atom is 0.157 e. The van der Waals surface area contributed by atoms with Gasteiger partial charge in [-0.25, -0.2) is 4.39 Å². The maximum absolute atomic E-state index is 12.7. The van der Waals surface area contributed by atoms with Crippen LogP contribution in [0, 0.1) is 5.82 Å². The lowest BCUT2D eigenvalue weighted by Gasteiger charge is -2.06. The van der Waals surface area contributed by atoms with Crippen molar-refractivity contribution in [1.82, 2.24) is 5.32 Å². The number of hydrogen-bond acceptors (Lipinski definition) is 3. The summed E-state index contributed by atoms with van der Waals surface area (Å²) in [6.45, 7) is 1.36. The summed E-state index contributed by atoms with van der Waals surface area (Å²) in [5.41, 5.74) is 1.97. The summed E-state index contributed by atoms with van der Waals surface area (Å²) in [6.07, 6.45) is 0.810. The number of hydrogen-bond donors (Lipinski definition) is 3. The fourth-order valence-corrected chi connectivity index (χ4v) is 1.80. The smallest absolute Gasteiger partial charge is 0.157 e. The third-order valence-electron chi connectivity index (χ3n) is 2.87. The van der Waals surface area contributed by atoms with Gasteiger partial charge in [-0.1, -0.05) is 18.2 Å². The van der Waals surface area contributed by atoms with Crippen LogP contribution in [0.1, 0.15) is 11.1 Å². The third-order valence-corrected chi connectivity index (χ3v) is 2.87. The predicted molar refractivity (Wildman–Crippen MR) is 71.6 cm³/mol. The van der Waals surface area contributed by atoms with E-state index in [1.165, 1.54) is 24.3 Å². The molecule has 0 spiro atoms. The first-order chi connectivity index (χ1) is 9.15. The second-order valence-electron chi connectivity index (χ2n) is 4.38. The van der Waals surface area contributed by atoms with E-state index in [-0.39, 0.29) is 17.3 Å². The molecule has 100 valence electrons. The zero-order valence-corrected chi connectivity index (χ0v) is 10.4. The number of phenols is 2. The van der Waals surface area contributed by atoms with Crippen molar-refractivity contribution < 1.29 is 14.6 Å². The van der Waals surface area contributed by atoms with Gasteiger partial charge in [-0.3, -0.25) is 0 Å². The molecule has 0 unspecified atom stereocenters. The first kappa shape index (κ1) is 13.4. The van der Waals surface area contributed by atoms with Crippen molar-refractivity contribution in [3.05, 3.63) is 59.4 Å². The fourth-order valence-electron chi connectivity index (χ4n) is 1.80. The molecule has 3 nitrogen and oxygen atoms in total. The molecule has 0 saturated heterocycles. The Morgan fingerprint density at radius 3 is 2.26 bits per heavy atom. The summed E-state index contributed by atoms with van der Waals surface area (Å²) >= 11 is 0. The summed E-state index contributed by atoms with van der Waals surface area (Å²) in [6, 6.07) is 11.2. The van der Waals surface area contributed by atoms with Gasteiger partial charge in [0.05, 0.1) is 0 Å². The summed E-state index contributed by atoms with van der Waals surface area (Å²) < 4.78 is 12.7. The number of nitrogens with one attached hydrogen (secondary N) is 1. The van der Waals surface area contributed by atoms with Crippen molar-refractivity contribution in [2.24, 2.45) is 0 Å². The summed E-state index contributed by atoms with van der Waals surface area (Å²) in [5.74, 6) is -0.454. The molecule has 0 radical (unpaired) electrons. The second kappa shape index (κ2) is 6.20. The van der Waals surface area contributed by atoms with E-state index in [0.29, 0.717) is 6.54 Å². The Kier molecular flexibility index (Phi) is 4.36. The third kappa shape index (κ3) is 3.96. The zero-order valence-electron chi connectivity index (χ0n) is 10.4. The molecule has 0 aliphatic rings. The Morgan fingerprint density at radius 2 is 1.58 bits per heavy atom. The highest BCUT2D eigenvalue weighted by molar-refractivity contribution is 5.40. The molecule has 0 aromatic heterocycles. The van der Waals surface area contributed by atoms with Crippen LogP contribution in [-0.4, -0.2) is 16.8 Å². The van der Waals surface area contributed by atoms with E-state index in [2.05, 4.69) is 5.32 Å². The largest absolute Gasteiger partial charge is 0.504 e. The molecular formula is C15H16FNO2. The molecule has 2 aromatic rings. The Hall–Kier alpha value is -2.07. The van der Waals surface area contributed by atoms with Crippen LogP contribution >= 0.6 is 0 Å². The van der Waals surface area contributed by atoms with Crippen LogP contribution in [0.2, 0.25) is 0 Å². The van der Waals surface area contributed by atoms with Gasteiger partial charge in [-0.15, -0.1) is 0 Å². The highest BCUT2D eigenvalue weighted by Crippen LogP contribution is 2.24. The molecule has 3 N–H and O–H groups in total. The number of halogens is 1. The lowest BCUT2D eigenvalue weighted by molar-refractivity contribution is 0.403. The lowest BCUT2D eigenvalue weighted by Crippen LogP contribution is -2.16. The highest BCUT2D eigenvalue weighted by Gasteiger charge is 2.00. The number of rotatable bonds is 5. The summed E-state index contributed by atoms with van der Waals surface area (Å²) in [7, 11) is 0. The van der Waals surface area contributed by atoms with Crippen molar-refractivity contribution in [1.29, 1.82) is 0 Å². The first-order valence-electron chi connectivity index (χ1n) is 6.11. The molecule has 0 aliphatic carbocycles. The minimum Gasteiger partial charge on any atom is -0.504 e. The van der Waals surface area contributed by atoms with Crippen molar-refractivity contribution in [2.75, 3.05) is 6.54 Å². The van der Waals surface area contributed by atoms with Crippen LogP contribution in [0.4, 0.5) is 4.39 Å². The quantitative estimate of drug-likeness (QED) is 0.572. The van der Waals surface area contributed by atoms with Crippen molar-refractivity contribution in [3.8, 4) is 11.5 Å². The highest BCUT2D eigenvalue weighted by atomic mass is 19.1. The van der Waals surface area contributed by atoms with Crippen LogP contribution in [0.5, 0.6) is 11.5 Å². The normalized spacial score (nSPS) is 10.6. The fraction of sp³-hybridized carbons (Fsp3) is 0.200. The number of aromatic hydroxyl groups is 2. The van der Waals surface area contributed by atoms with Crippen LogP contribution < -0.4 is 5.32 Å². The van der Waals surface area contributed by atoms with Gasteiger partial charge in [-0.05, 0) is 48.4 Å². The average Bonchev–Trinajstić information content (AvgIpc) is 2.41. The second-order valence-corrected chi connectivity index (χ2v) is 4.38. The molecule has 0 bridgehead atoms. The van der Waals surface area contributed by atoms with E-state index in [9.17, 15) is 14.6 Å². The van der Waals surface area contributed by atoms with Crippen molar-refractivity contribution in [3.63, 3.8) is 0 Å². The van der Waals surface area contributed by atoms with E-state index in [1.807, 2.05) is 0 Å². The standard InChI is InChI=1S/C15H16FNO2/c16-13-4-1-11(2-5-13)7-8-17-10-12-3-6-14(18)15(19)9-12/h1-6,9,17-19H,7-8,10H2. The molecule has 19 heavy (non-hydrogen) atoms. The van der Waals surface area contributed by atoms with Gasteiger partial charge in [0.1, 0.15) is 5.82 Å². The summed E-state index contributed by atoms with van der Waals surface area (Å²) in [5, 5.41) is 21.8. The predicted octanol–water partition coefficient (Wildman–Crippen LogP) is 2.57. The molecule has 4 heteroatoms. The van der Waals surface area contributed by atoms with Gasteiger partial charge >= 0.3 is 0 Å². The minimum atomic E-state index is -0.226. The van der Waals surface area contributed by atoms with Crippen molar-refractivity contribution >= 4 is 0 Å². The van der Waals surface area contributed by atoms with Crippen LogP contribution in [0.3, 0.4) is 0 Å². The monoisotopic (exact) mass is 261 g/mol. The molecule has 2 rings (SSSR count). The zero-order chi connectivity index (χ0) is 13.7. The van der Waals surface area contributed by atoms with Gasteiger partial charge in [0.2, 0.25) is 0 Å². The van der Waals surface area contributed by atoms with E-state index in [4.69, 9.17) is 0 Å². The molecule has 0 saturated carbocycles. The molecule has 0 heterocycles. The Labute approximate surface area is 111 Å². The van der Waals surface area contributed by atoms with Gasteiger partial charge in [0.15, 0.2) is 11.5 Å². The van der Waals surface area contributed by atoms with Crippen molar-refractivity contribution in [2.45, 2.75) is 13.0 Å². The number of phenolic OH excluding ortho intramolecular Hbond substituents is 2. The molecule has 0 amide bonds. The lowest BCUT2D eigenvalue weighted by atomic mass is 10.1. The first-order valence-corrected chi connectivity index (χ1v) is 6.11. The van der Waals surface area contributed by atoms with Crippen LogP contribution in [0.25, 0.3) is 0 Å². The Morgan fingerprint density at radius 1 is 0.895 bits per heavy atom. The Bertz CT molecular complexity index is 540. The van der Waals surface area contributed by atoms with Gasteiger partial charge in [-0.2, -0.15) is 0 Å². The minimum absolute atomic E-state index is 0.113. The molecule has 0 fully saturated rings. The Balaban J connectivity index is 1.77. The summed E-state index contributed by atoms with van der Waals surface area (Å²) in [4.78, 5) is 0. The molecule has 0 atom stereocenters. The molecular weight excluding hydrogens is 245 g/mol. The van der Waals surface area contributed by atoms with Gasteiger partial charge in [0.25, 0.3) is 0 Å². The van der Waals surface area contributed by atoms with E-state index < -0.39 is 0 Å². The van der Waals surface area contributed by atoms with E-state index >= 15 is 0 Å². The van der Waals surface area contributed by atoms with Crippen LogP contribution in [-0.2, 0) is 13.0 Å². The average molecular weight is 261 g/mol. The van der Waals surface area contributed by atoms with Gasteiger partial charge < -0.3 is 15.5 Å². The van der Waals surface area contributed by atoms with Crippen LogP contribution in [0.15, 0.2) is 42.5 Å².